The Bertz CT molecular complexity index is 467. The minimum atomic E-state index is -0.549. The standard InChI is InChI=1S/C14H16O4/c1-17-13(15)11-8-7-9-5-3-4-6-10(9)12(11)14(16)18-2/h3-6,11-12H,7-8H2,1-2H3/t11-,12+/m1/s1. The maximum atomic E-state index is 11.9. The SMILES string of the molecule is COC(=O)[C@@H]1CCc2ccccc2[C@@H]1C(=O)OC. The van der Waals surface area contributed by atoms with Crippen LogP contribution in [0.25, 0.3) is 0 Å². The molecular weight excluding hydrogens is 232 g/mol. The highest BCUT2D eigenvalue weighted by molar-refractivity contribution is 5.87. The Hall–Kier alpha value is -1.84. The molecule has 0 bridgehead atoms. The van der Waals surface area contributed by atoms with Gasteiger partial charge in [-0.2, -0.15) is 0 Å². The van der Waals surface area contributed by atoms with Gasteiger partial charge in [0, 0.05) is 0 Å². The van der Waals surface area contributed by atoms with E-state index in [-0.39, 0.29) is 11.9 Å². The molecular formula is C14H16O4. The number of ether oxygens (including phenoxy) is 2. The molecule has 0 aromatic heterocycles. The van der Waals surface area contributed by atoms with Crippen molar-refractivity contribution in [3.05, 3.63) is 35.4 Å². The predicted octanol–water partition coefficient (Wildman–Crippen LogP) is 1.68. The lowest BCUT2D eigenvalue weighted by Gasteiger charge is -2.29. The van der Waals surface area contributed by atoms with Gasteiger partial charge < -0.3 is 9.47 Å². The van der Waals surface area contributed by atoms with Crippen molar-refractivity contribution in [2.45, 2.75) is 18.8 Å². The zero-order valence-electron chi connectivity index (χ0n) is 10.5. The second-order valence-corrected chi connectivity index (χ2v) is 4.37. The topological polar surface area (TPSA) is 52.6 Å². The lowest BCUT2D eigenvalue weighted by Crippen LogP contribution is -2.34. The molecule has 0 amide bonds. The van der Waals surface area contributed by atoms with Crippen LogP contribution in [0.1, 0.15) is 23.5 Å². The summed E-state index contributed by atoms with van der Waals surface area (Å²) in [5.74, 6) is -1.72. The van der Waals surface area contributed by atoms with E-state index < -0.39 is 11.8 Å². The number of carbonyl (C=O) groups is 2. The largest absolute Gasteiger partial charge is 0.469 e. The second-order valence-electron chi connectivity index (χ2n) is 4.37. The summed E-state index contributed by atoms with van der Waals surface area (Å²) >= 11 is 0. The number of rotatable bonds is 2. The van der Waals surface area contributed by atoms with Gasteiger partial charge in [-0.3, -0.25) is 9.59 Å². The van der Waals surface area contributed by atoms with Gasteiger partial charge in [0.1, 0.15) is 0 Å². The lowest BCUT2D eigenvalue weighted by atomic mass is 9.75. The molecule has 18 heavy (non-hydrogen) atoms. The highest BCUT2D eigenvalue weighted by Gasteiger charge is 2.40. The molecule has 4 heteroatoms. The van der Waals surface area contributed by atoms with Gasteiger partial charge in [-0.25, -0.2) is 0 Å². The quantitative estimate of drug-likeness (QED) is 0.747. The molecule has 1 aliphatic carbocycles. The van der Waals surface area contributed by atoms with E-state index in [0.717, 1.165) is 17.5 Å². The van der Waals surface area contributed by atoms with Gasteiger partial charge in [-0.15, -0.1) is 0 Å². The molecule has 0 fully saturated rings. The van der Waals surface area contributed by atoms with Crippen LogP contribution in [0.2, 0.25) is 0 Å². The first-order valence-electron chi connectivity index (χ1n) is 5.92. The molecule has 0 radical (unpaired) electrons. The number of hydrogen-bond donors (Lipinski definition) is 0. The van der Waals surface area contributed by atoms with Crippen molar-refractivity contribution in [1.29, 1.82) is 0 Å². The summed E-state index contributed by atoms with van der Waals surface area (Å²) in [6, 6.07) is 7.67. The minimum Gasteiger partial charge on any atom is -0.469 e. The number of aryl methyl sites for hydroxylation is 1. The van der Waals surface area contributed by atoms with Crippen LogP contribution in [0.3, 0.4) is 0 Å². The van der Waals surface area contributed by atoms with Crippen LogP contribution >= 0.6 is 0 Å². The number of benzene rings is 1. The molecule has 0 aliphatic heterocycles. The normalized spacial score (nSPS) is 21.9. The van der Waals surface area contributed by atoms with E-state index in [9.17, 15) is 9.59 Å². The van der Waals surface area contributed by atoms with E-state index >= 15 is 0 Å². The summed E-state index contributed by atoms with van der Waals surface area (Å²) in [6.45, 7) is 0. The van der Waals surface area contributed by atoms with Crippen molar-refractivity contribution in [3.63, 3.8) is 0 Å². The fourth-order valence-electron chi connectivity index (χ4n) is 2.58. The summed E-state index contributed by atoms with van der Waals surface area (Å²) in [5, 5.41) is 0. The highest BCUT2D eigenvalue weighted by atomic mass is 16.5. The van der Waals surface area contributed by atoms with Crippen LogP contribution < -0.4 is 0 Å². The Kier molecular flexibility index (Phi) is 3.65. The lowest BCUT2D eigenvalue weighted by molar-refractivity contribution is -0.154. The molecule has 1 aromatic rings. The van der Waals surface area contributed by atoms with Crippen molar-refractivity contribution in [1.82, 2.24) is 0 Å². The molecule has 0 saturated carbocycles. The highest BCUT2D eigenvalue weighted by Crippen LogP contribution is 2.37. The number of carbonyl (C=O) groups excluding carboxylic acids is 2. The van der Waals surface area contributed by atoms with Gasteiger partial charge >= 0.3 is 11.9 Å². The molecule has 1 aromatic carbocycles. The number of methoxy groups -OCH3 is 2. The third-order valence-corrected chi connectivity index (χ3v) is 3.48. The van der Waals surface area contributed by atoms with Gasteiger partial charge in [0.2, 0.25) is 0 Å². The third-order valence-electron chi connectivity index (χ3n) is 3.48. The van der Waals surface area contributed by atoms with Crippen LogP contribution in [-0.4, -0.2) is 26.2 Å². The summed E-state index contributed by atoms with van der Waals surface area (Å²) < 4.78 is 9.61. The monoisotopic (exact) mass is 248 g/mol. The molecule has 0 unspecified atom stereocenters. The van der Waals surface area contributed by atoms with Crippen LogP contribution in [0.15, 0.2) is 24.3 Å². The van der Waals surface area contributed by atoms with E-state index in [1.807, 2.05) is 24.3 Å². The van der Waals surface area contributed by atoms with E-state index in [0.29, 0.717) is 6.42 Å². The average Bonchev–Trinajstić information content (AvgIpc) is 2.44. The van der Waals surface area contributed by atoms with Gasteiger partial charge in [-0.05, 0) is 24.0 Å². The van der Waals surface area contributed by atoms with Crippen molar-refractivity contribution in [2.24, 2.45) is 5.92 Å². The minimum absolute atomic E-state index is 0.347. The van der Waals surface area contributed by atoms with E-state index in [2.05, 4.69) is 0 Å². The Morgan fingerprint density at radius 1 is 1.11 bits per heavy atom. The fraction of sp³-hybridized carbons (Fsp3) is 0.429. The van der Waals surface area contributed by atoms with Crippen LogP contribution in [0.4, 0.5) is 0 Å². The van der Waals surface area contributed by atoms with Crippen molar-refractivity contribution in [3.8, 4) is 0 Å². The summed E-state index contributed by atoms with van der Waals surface area (Å²) in [6.07, 6.45) is 1.40. The number of esters is 2. The van der Waals surface area contributed by atoms with Crippen molar-refractivity contribution >= 4 is 11.9 Å². The Balaban J connectivity index is 2.43. The second kappa shape index (κ2) is 5.21. The fourth-order valence-corrected chi connectivity index (χ4v) is 2.58. The zero-order valence-corrected chi connectivity index (χ0v) is 10.5. The van der Waals surface area contributed by atoms with Gasteiger partial charge in [0.25, 0.3) is 0 Å². The molecule has 2 atom stereocenters. The van der Waals surface area contributed by atoms with Crippen molar-refractivity contribution in [2.75, 3.05) is 14.2 Å². The first-order valence-corrected chi connectivity index (χ1v) is 5.92. The molecule has 0 spiro atoms. The Morgan fingerprint density at radius 3 is 2.44 bits per heavy atom. The van der Waals surface area contributed by atoms with Crippen molar-refractivity contribution < 1.29 is 19.1 Å². The Labute approximate surface area is 106 Å². The summed E-state index contributed by atoms with van der Waals surface area (Å²) in [7, 11) is 2.69. The number of hydrogen-bond acceptors (Lipinski definition) is 4. The maximum absolute atomic E-state index is 11.9. The number of fused-ring (bicyclic) bond motifs is 1. The summed E-state index contributed by atoms with van der Waals surface area (Å²) in [5.41, 5.74) is 1.99. The first kappa shape index (κ1) is 12.6. The predicted molar refractivity (Wildman–Crippen MR) is 65.0 cm³/mol. The summed E-state index contributed by atoms with van der Waals surface area (Å²) in [4.78, 5) is 23.7. The van der Waals surface area contributed by atoms with Gasteiger partial charge in [-0.1, -0.05) is 24.3 Å². The van der Waals surface area contributed by atoms with E-state index in [4.69, 9.17) is 9.47 Å². The van der Waals surface area contributed by atoms with Crippen LogP contribution in [-0.2, 0) is 25.5 Å². The average molecular weight is 248 g/mol. The first-order chi connectivity index (χ1) is 8.69. The smallest absolute Gasteiger partial charge is 0.314 e. The van der Waals surface area contributed by atoms with Gasteiger partial charge in [0.15, 0.2) is 0 Å². The van der Waals surface area contributed by atoms with E-state index in [1.54, 1.807) is 0 Å². The molecule has 2 rings (SSSR count). The van der Waals surface area contributed by atoms with E-state index in [1.165, 1.54) is 14.2 Å². The maximum Gasteiger partial charge on any atom is 0.314 e. The Morgan fingerprint density at radius 2 is 1.78 bits per heavy atom. The van der Waals surface area contributed by atoms with Crippen LogP contribution in [0.5, 0.6) is 0 Å². The zero-order chi connectivity index (χ0) is 13.1. The molecule has 1 aliphatic rings. The molecule has 0 heterocycles. The molecule has 96 valence electrons. The van der Waals surface area contributed by atoms with Gasteiger partial charge in [0.05, 0.1) is 26.1 Å². The molecule has 0 N–H and O–H groups in total. The molecule has 0 saturated heterocycles. The van der Waals surface area contributed by atoms with Crippen LogP contribution in [0, 0.1) is 5.92 Å². The third kappa shape index (κ3) is 2.10. The molecule has 4 nitrogen and oxygen atoms in total.